The summed E-state index contributed by atoms with van der Waals surface area (Å²) in [6.07, 6.45) is 3.80. The molecule has 1 aliphatic heterocycles. The van der Waals surface area contributed by atoms with Crippen LogP contribution in [0.4, 0.5) is 0 Å². The SMILES string of the molecule is Cn1cc(-c2cc(C(=O)N3Cc4ccccc4CC3C(N)=O)on2)cn1. The highest BCUT2D eigenvalue weighted by Gasteiger charge is 2.35. The molecule has 0 aliphatic carbocycles. The summed E-state index contributed by atoms with van der Waals surface area (Å²) in [6, 6.07) is 8.53. The molecule has 0 fully saturated rings. The van der Waals surface area contributed by atoms with E-state index in [1.807, 2.05) is 24.3 Å². The van der Waals surface area contributed by atoms with E-state index >= 15 is 0 Å². The molecule has 8 heteroatoms. The van der Waals surface area contributed by atoms with Crippen LogP contribution in [0.5, 0.6) is 0 Å². The molecule has 26 heavy (non-hydrogen) atoms. The number of fused-ring (bicyclic) bond motifs is 1. The van der Waals surface area contributed by atoms with Gasteiger partial charge in [-0.2, -0.15) is 5.10 Å². The minimum absolute atomic E-state index is 0.0643. The van der Waals surface area contributed by atoms with Crippen molar-refractivity contribution in [2.45, 2.75) is 19.0 Å². The summed E-state index contributed by atoms with van der Waals surface area (Å²) in [6.45, 7) is 0.297. The van der Waals surface area contributed by atoms with Crippen LogP contribution in [0, 0.1) is 0 Å². The maximum Gasteiger partial charge on any atom is 0.293 e. The van der Waals surface area contributed by atoms with Crippen molar-refractivity contribution in [3.8, 4) is 11.3 Å². The van der Waals surface area contributed by atoms with Gasteiger partial charge in [0.1, 0.15) is 11.7 Å². The molecule has 0 saturated carbocycles. The fourth-order valence-electron chi connectivity index (χ4n) is 3.20. The number of rotatable bonds is 3. The van der Waals surface area contributed by atoms with Crippen molar-refractivity contribution >= 4 is 11.8 Å². The van der Waals surface area contributed by atoms with E-state index in [0.29, 0.717) is 18.7 Å². The Morgan fingerprint density at radius 1 is 1.27 bits per heavy atom. The average molecular weight is 351 g/mol. The van der Waals surface area contributed by atoms with Gasteiger partial charge in [-0.1, -0.05) is 29.4 Å². The number of nitrogens with two attached hydrogens (primary N) is 1. The molecule has 8 nitrogen and oxygen atoms in total. The summed E-state index contributed by atoms with van der Waals surface area (Å²) in [5, 5.41) is 8.01. The number of benzene rings is 1. The first-order valence-electron chi connectivity index (χ1n) is 8.15. The Balaban J connectivity index is 1.64. The number of aryl methyl sites for hydroxylation is 1. The van der Waals surface area contributed by atoms with Crippen LogP contribution in [0.1, 0.15) is 21.7 Å². The largest absolute Gasteiger partial charge is 0.368 e. The molecular formula is C18H17N5O3. The summed E-state index contributed by atoms with van der Waals surface area (Å²) < 4.78 is 6.86. The molecule has 2 aromatic heterocycles. The molecule has 1 aromatic carbocycles. The van der Waals surface area contributed by atoms with Crippen LogP contribution in [-0.4, -0.2) is 37.7 Å². The zero-order valence-corrected chi connectivity index (χ0v) is 14.1. The van der Waals surface area contributed by atoms with Crippen LogP contribution in [0.3, 0.4) is 0 Å². The minimum Gasteiger partial charge on any atom is -0.368 e. The molecule has 0 spiro atoms. The molecule has 3 aromatic rings. The van der Waals surface area contributed by atoms with Gasteiger partial charge in [-0.25, -0.2) is 0 Å². The average Bonchev–Trinajstić information content (AvgIpc) is 3.29. The summed E-state index contributed by atoms with van der Waals surface area (Å²) >= 11 is 0. The summed E-state index contributed by atoms with van der Waals surface area (Å²) in [5.74, 6) is -0.889. The lowest BCUT2D eigenvalue weighted by molar-refractivity contribution is -0.122. The predicted octanol–water partition coefficient (Wildman–Crippen LogP) is 1.13. The second-order valence-electron chi connectivity index (χ2n) is 6.30. The van der Waals surface area contributed by atoms with Gasteiger partial charge in [0, 0.05) is 37.8 Å². The summed E-state index contributed by atoms with van der Waals surface area (Å²) in [4.78, 5) is 26.3. The van der Waals surface area contributed by atoms with Crippen LogP contribution in [0.15, 0.2) is 47.2 Å². The van der Waals surface area contributed by atoms with Gasteiger partial charge >= 0.3 is 0 Å². The highest BCUT2D eigenvalue weighted by molar-refractivity contribution is 5.96. The van der Waals surface area contributed by atoms with E-state index in [-0.39, 0.29) is 5.76 Å². The van der Waals surface area contributed by atoms with Gasteiger partial charge in [0.05, 0.1) is 6.20 Å². The van der Waals surface area contributed by atoms with E-state index < -0.39 is 17.9 Å². The Hall–Kier alpha value is -3.42. The number of carbonyl (C=O) groups is 2. The number of aromatic nitrogens is 3. The monoisotopic (exact) mass is 351 g/mol. The Labute approximate surface area is 149 Å². The van der Waals surface area contributed by atoms with E-state index in [1.165, 1.54) is 4.90 Å². The smallest absolute Gasteiger partial charge is 0.293 e. The zero-order chi connectivity index (χ0) is 18.3. The Bertz CT molecular complexity index is 990. The van der Waals surface area contributed by atoms with Crippen LogP contribution in [0.2, 0.25) is 0 Å². The molecule has 3 heterocycles. The van der Waals surface area contributed by atoms with Gasteiger partial charge < -0.3 is 15.2 Å². The fraction of sp³-hybridized carbons (Fsp3) is 0.222. The fourth-order valence-corrected chi connectivity index (χ4v) is 3.20. The maximum absolute atomic E-state index is 12.9. The van der Waals surface area contributed by atoms with E-state index in [2.05, 4.69) is 10.3 Å². The molecule has 1 atom stereocenters. The molecule has 132 valence electrons. The topological polar surface area (TPSA) is 107 Å². The van der Waals surface area contributed by atoms with Crippen LogP contribution < -0.4 is 5.73 Å². The van der Waals surface area contributed by atoms with E-state index in [4.69, 9.17) is 10.3 Å². The number of amides is 2. The first-order valence-corrected chi connectivity index (χ1v) is 8.15. The lowest BCUT2D eigenvalue weighted by Crippen LogP contribution is -2.51. The summed E-state index contributed by atoms with van der Waals surface area (Å²) in [5.41, 5.74) is 8.80. The molecule has 2 amide bonds. The zero-order valence-electron chi connectivity index (χ0n) is 14.1. The molecule has 2 N–H and O–H groups in total. The van der Waals surface area contributed by atoms with Gasteiger partial charge in [0.15, 0.2) is 0 Å². The van der Waals surface area contributed by atoms with E-state index in [0.717, 1.165) is 16.7 Å². The Kier molecular flexibility index (Phi) is 3.80. The standard InChI is InChI=1S/C18H17N5O3/c1-22-9-13(8-20-22)14-7-16(26-21-14)18(25)23-10-12-5-3-2-4-11(12)6-15(23)17(19)24/h2-5,7-9,15H,6,10H2,1H3,(H2,19,24). The van der Waals surface area contributed by atoms with Crippen molar-refractivity contribution in [2.24, 2.45) is 12.8 Å². The van der Waals surface area contributed by atoms with Crippen LogP contribution in [0.25, 0.3) is 11.3 Å². The first-order chi connectivity index (χ1) is 12.5. The van der Waals surface area contributed by atoms with E-state index in [9.17, 15) is 9.59 Å². The van der Waals surface area contributed by atoms with Crippen molar-refractivity contribution in [3.63, 3.8) is 0 Å². The highest BCUT2D eigenvalue weighted by atomic mass is 16.5. The van der Waals surface area contributed by atoms with Crippen molar-refractivity contribution in [3.05, 3.63) is 59.6 Å². The number of hydrogen-bond donors (Lipinski definition) is 1. The highest BCUT2D eigenvalue weighted by Crippen LogP contribution is 2.26. The molecule has 1 aliphatic rings. The second-order valence-corrected chi connectivity index (χ2v) is 6.30. The molecular weight excluding hydrogens is 334 g/mol. The Morgan fingerprint density at radius 3 is 2.73 bits per heavy atom. The first kappa shape index (κ1) is 16.1. The molecule has 0 saturated heterocycles. The normalized spacial score (nSPS) is 16.3. The Morgan fingerprint density at radius 2 is 2.04 bits per heavy atom. The minimum atomic E-state index is -0.718. The lowest BCUT2D eigenvalue weighted by atomic mass is 9.93. The van der Waals surface area contributed by atoms with Crippen LogP contribution in [-0.2, 0) is 24.8 Å². The third kappa shape index (κ3) is 2.75. The van der Waals surface area contributed by atoms with Gasteiger partial charge in [0.25, 0.3) is 5.91 Å². The molecule has 4 rings (SSSR count). The quantitative estimate of drug-likeness (QED) is 0.761. The number of hydrogen-bond acceptors (Lipinski definition) is 5. The molecule has 1 unspecified atom stereocenters. The van der Waals surface area contributed by atoms with Gasteiger partial charge in [0.2, 0.25) is 11.7 Å². The van der Waals surface area contributed by atoms with Gasteiger partial charge in [-0.05, 0) is 11.1 Å². The van der Waals surface area contributed by atoms with E-state index in [1.54, 1.807) is 30.2 Å². The van der Waals surface area contributed by atoms with Crippen molar-refractivity contribution < 1.29 is 14.1 Å². The van der Waals surface area contributed by atoms with Crippen molar-refractivity contribution in [1.82, 2.24) is 19.8 Å². The number of carbonyl (C=O) groups excluding carboxylic acids is 2. The molecule has 0 radical (unpaired) electrons. The number of nitrogens with zero attached hydrogens (tertiary/aromatic N) is 4. The second kappa shape index (κ2) is 6.14. The third-order valence-electron chi connectivity index (χ3n) is 4.56. The number of primary amides is 1. The predicted molar refractivity (Wildman–Crippen MR) is 91.7 cm³/mol. The third-order valence-corrected chi connectivity index (χ3v) is 4.56. The maximum atomic E-state index is 12.9. The van der Waals surface area contributed by atoms with Crippen molar-refractivity contribution in [2.75, 3.05) is 0 Å². The van der Waals surface area contributed by atoms with Crippen LogP contribution >= 0.6 is 0 Å². The van der Waals surface area contributed by atoms with Gasteiger partial charge in [-0.3, -0.25) is 14.3 Å². The van der Waals surface area contributed by atoms with Crippen molar-refractivity contribution in [1.29, 1.82) is 0 Å². The van der Waals surface area contributed by atoms with Gasteiger partial charge in [-0.15, -0.1) is 0 Å². The summed E-state index contributed by atoms with van der Waals surface area (Å²) in [7, 11) is 1.79. The lowest BCUT2D eigenvalue weighted by Gasteiger charge is -2.34. The molecule has 0 bridgehead atoms.